The number of likely N-dealkylation sites (tertiary alicyclic amines) is 1. The number of para-hydroxylation sites is 1. The van der Waals surface area contributed by atoms with Gasteiger partial charge in [0.15, 0.2) is 5.96 Å². The summed E-state index contributed by atoms with van der Waals surface area (Å²) >= 11 is 0. The van der Waals surface area contributed by atoms with Crippen LogP contribution in [0.5, 0.6) is 5.75 Å². The van der Waals surface area contributed by atoms with Crippen LogP contribution in [0.1, 0.15) is 6.92 Å². The molecule has 0 radical (unpaired) electrons. The van der Waals surface area contributed by atoms with Gasteiger partial charge >= 0.3 is 5.97 Å². The van der Waals surface area contributed by atoms with Gasteiger partial charge in [0.25, 0.3) is 0 Å². The van der Waals surface area contributed by atoms with Crippen LogP contribution in [0.15, 0.2) is 35.3 Å². The third-order valence-electron chi connectivity index (χ3n) is 4.02. The molecular formula is C17H25N3O3. The predicted octanol–water partition coefficient (Wildman–Crippen LogP) is 1.38. The molecule has 1 aliphatic heterocycles. The molecule has 1 saturated heterocycles. The Labute approximate surface area is 137 Å². The van der Waals surface area contributed by atoms with Gasteiger partial charge in [0.05, 0.1) is 19.6 Å². The Kier molecular flexibility index (Phi) is 6.26. The number of hydrogen-bond acceptors (Lipinski definition) is 4. The van der Waals surface area contributed by atoms with Crippen molar-refractivity contribution in [1.82, 2.24) is 10.2 Å². The summed E-state index contributed by atoms with van der Waals surface area (Å²) in [6.07, 6.45) is 0. The molecule has 2 rings (SSSR count). The monoisotopic (exact) mass is 319 g/mol. The smallest absolute Gasteiger partial charge is 0.310 e. The summed E-state index contributed by atoms with van der Waals surface area (Å²) in [6.45, 7) is 4.68. The predicted molar refractivity (Wildman–Crippen MR) is 89.5 cm³/mol. The minimum atomic E-state index is -0.150. The molecule has 6 nitrogen and oxygen atoms in total. The van der Waals surface area contributed by atoms with Crippen molar-refractivity contribution >= 4 is 11.9 Å². The molecule has 0 saturated carbocycles. The standard InChI is InChI=1S/C17H25N3O3/c1-13-11-20(12-15(13)16(21)22-3)17(18-2)19-9-10-23-14-7-5-4-6-8-14/h4-8,13,15H,9-12H2,1-3H3,(H,18,19). The molecule has 0 aliphatic carbocycles. The third kappa shape index (κ3) is 4.61. The van der Waals surface area contributed by atoms with E-state index in [0.29, 0.717) is 19.7 Å². The van der Waals surface area contributed by atoms with Crippen molar-refractivity contribution in [2.24, 2.45) is 16.8 Å². The van der Waals surface area contributed by atoms with E-state index < -0.39 is 0 Å². The molecule has 1 aliphatic rings. The second-order valence-corrected chi connectivity index (χ2v) is 5.65. The van der Waals surface area contributed by atoms with Gasteiger partial charge in [0.1, 0.15) is 12.4 Å². The maximum absolute atomic E-state index is 11.8. The summed E-state index contributed by atoms with van der Waals surface area (Å²) in [7, 11) is 3.18. The highest BCUT2D eigenvalue weighted by Crippen LogP contribution is 2.23. The largest absolute Gasteiger partial charge is 0.492 e. The highest BCUT2D eigenvalue weighted by Gasteiger charge is 2.36. The van der Waals surface area contributed by atoms with Gasteiger partial charge in [-0.3, -0.25) is 9.79 Å². The maximum atomic E-state index is 11.8. The number of methoxy groups -OCH3 is 1. The van der Waals surface area contributed by atoms with Crippen molar-refractivity contribution in [2.75, 3.05) is 40.4 Å². The fraction of sp³-hybridized carbons (Fsp3) is 0.529. The Bertz CT molecular complexity index is 533. The van der Waals surface area contributed by atoms with Crippen molar-refractivity contribution in [3.63, 3.8) is 0 Å². The number of carbonyl (C=O) groups is 1. The Balaban J connectivity index is 1.78. The maximum Gasteiger partial charge on any atom is 0.310 e. The van der Waals surface area contributed by atoms with E-state index in [1.807, 2.05) is 30.3 Å². The summed E-state index contributed by atoms with van der Waals surface area (Å²) in [5.74, 6) is 1.65. The topological polar surface area (TPSA) is 63.2 Å². The van der Waals surface area contributed by atoms with Gasteiger partial charge in [0, 0.05) is 20.1 Å². The first kappa shape index (κ1) is 17.1. The third-order valence-corrected chi connectivity index (χ3v) is 4.02. The zero-order valence-corrected chi connectivity index (χ0v) is 14.0. The van der Waals surface area contributed by atoms with Crippen molar-refractivity contribution in [1.29, 1.82) is 0 Å². The normalized spacial score (nSPS) is 21.2. The van der Waals surface area contributed by atoms with E-state index in [9.17, 15) is 4.79 Å². The molecule has 1 aromatic carbocycles. The lowest BCUT2D eigenvalue weighted by atomic mass is 9.99. The van der Waals surface area contributed by atoms with Gasteiger partial charge in [-0.1, -0.05) is 25.1 Å². The van der Waals surface area contributed by atoms with E-state index in [1.165, 1.54) is 7.11 Å². The van der Waals surface area contributed by atoms with Crippen LogP contribution < -0.4 is 10.1 Å². The van der Waals surface area contributed by atoms with Crippen LogP contribution in [0.25, 0.3) is 0 Å². The average Bonchev–Trinajstić information content (AvgIpc) is 2.96. The molecular weight excluding hydrogens is 294 g/mol. The van der Waals surface area contributed by atoms with E-state index >= 15 is 0 Å². The lowest BCUT2D eigenvalue weighted by Crippen LogP contribution is -2.42. The van der Waals surface area contributed by atoms with Crippen LogP contribution in [0.2, 0.25) is 0 Å². The van der Waals surface area contributed by atoms with Crippen molar-refractivity contribution < 1.29 is 14.3 Å². The molecule has 0 amide bonds. The molecule has 0 aromatic heterocycles. The summed E-state index contributed by atoms with van der Waals surface area (Å²) < 4.78 is 10.5. The fourth-order valence-electron chi connectivity index (χ4n) is 2.78. The molecule has 2 unspecified atom stereocenters. The Morgan fingerprint density at radius 3 is 2.74 bits per heavy atom. The molecule has 1 heterocycles. The molecule has 2 atom stereocenters. The molecule has 23 heavy (non-hydrogen) atoms. The molecule has 126 valence electrons. The number of carbonyl (C=O) groups excluding carboxylic acids is 1. The lowest BCUT2D eigenvalue weighted by molar-refractivity contribution is -0.145. The SMILES string of the molecule is CN=C(NCCOc1ccccc1)N1CC(C)C(C(=O)OC)C1. The van der Waals surface area contributed by atoms with Crippen LogP contribution in [0.3, 0.4) is 0 Å². The first-order chi connectivity index (χ1) is 11.2. The summed E-state index contributed by atoms with van der Waals surface area (Å²) in [5, 5.41) is 3.28. The van der Waals surface area contributed by atoms with E-state index in [2.05, 4.69) is 22.1 Å². The molecule has 1 aromatic rings. The number of guanidine groups is 1. The number of hydrogen-bond donors (Lipinski definition) is 1. The number of rotatable bonds is 5. The number of nitrogens with one attached hydrogen (secondary N) is 1. The van der Waals surface area contributed by atoms with Crippen molar-refractivity contribution in [3.05, 3.63) is 30.3 Å². The van der Waals surface area contributed by atoms with Gasteiger partial charge in [-0.2, -0.15) is 0 Å². The average molecular weight is 319 g/mol. The second-order valence-electron chi connectivity index (χ2n) is 5.65. The number of esters is 1. The van der Waals surface area contributed by atoms with Gasteiger partial charge in [-0.15, -0.1) is 0 Å². The van der Waals surface area contributed by atoms with E-state index in [1.54, 1.807) is 7.05 Å². The van der Waals surface area contributed by atoms with Crippen molar-refractivity contribution in [3.8, 4) is 5.75 Å². The Morgan fingerprint density at radius 1 is 1.35 bits per heavy atom. The highest BCUT2D eigenvalue weighted by molar-refractivity contribution is 5.82. The van der Waals surface area contributed by atoms with Crippen LogP contribution >= 0.6 is 0 Å². The molecule has 0 bridgehead atoms. The quantitative estimate of drug-likeness (QED) is 0.384. The Hall–Kier alpha value is -2.24. The number of ether oxygens (including phenoxy) is 2. The number of aliphatic imine (C=N–C) groups is 1. The van der Waals surface area contributed by atoms with Gasteiger partial charge in [-0.25, -0.2) is 0 Å². The van der Waals surface area contributed by atoms with Crippen LogP contribution in [-0.2, 0) is 9.53 Å². The van der Waals surface area contributed by atoms with Crippen LogP contribution in [-0.4, -0.2) is 57.2 Å². The van der Waals surface area contributed by atoms with E-state index in [4.69, 9.17) is 9.47 Å². The summed E-state index contributed by atoms with van der Waals surface area (Å²) in [5.41, 5.74) is 0. The number of nitrogens with zero attached hydrogens (tertiary/aromatic N) is 2. The summed E-state index contributed by atoms with van der Waals surface area (Å²) in [6, 6.07) is 9.70. The first-order valence-corrected chi connectivity index (χ1v) is 7.87. The first-order valence-electron chi connectivity index (χ1n) is 7.87. The lowest BCUT2D eigenvalue weighted by Gasteiger charge is -2.21. The van der Waals surface area contributed by atoms with Gasteiger partial charge < -0.3 is 19.7 Å². The second kappa shape index (κ2) is 8.41. The minimum Gasteiger partial charge on any atom is -0.492 e. The fourth-order valence-corrected chi connectivity index (χ4v) is 2.78. The van der Waals surface area contributed by atoms with Crippen LogP contribution in [0, 0.1) is 11.8 Å². The van der Waals surface area contributed by atoms with Crippen LogP contribution in [0.4, 0.5) is 0 Å². The van der Waals surface area contributed by atoms with E-state index in [0.717, 1.165) is 18.3 Å². The molecule has 6 heteroatoms. The zero-order chi connectivity index (χ0) is 16.7. The van der Waals surface area contributed by atoms with E-state index in [-0.39, 0.29) is 17.8 Å². The van der Waals surface area contributed by atoms with Crippen molar-refractivity contribution in [2.45, 2.75) is 6.92 Å². The molecule has 1 N–H and O–H groups in total. The number of benzene rings is 1. The summed E-state index contributed by atoms with van der Waals surface area (Å²) in [4.78, 5) is 18.2. The molecule has 1 fully saturated rings. The van der Waals surface area contributed by atoms with Gasteiger partial charge in [-0.05, 0) is 18.1 Å². The van der Waals surface area contributed by atoms with Gasteiger partial charge in [0.2, 0.25) is 0 Å². The minimum absolute atomic E-state index is 0.0980. The molecule has 0 spiro atoms. The Morgan fingerprint density at radius 2 is 2.09 bits per heavy atom. The highest BCUT2D eigenvalue weighted by atomic mass is 16.5. The zero-order valence-electron chi connectivity index (χ0n) is 14.0.